The van der Waals surface area contributed by atoms with E-state index in [9.17, 15) is 8.42 Å². The fourth-order valence-electron chi connectivity index (χ4n) is 1.09. The van der Waals surface area contributed by atoms with Crippen molar-refractivity contribution in [1.29, 1.82) is 0 Å². The first-order valence-electron chi connectivity index (χ1n) is 3.81. The summed E-state index contributed by atoms with van der Waals surface area (Å²) in [5.74, 6) is 0.840. The van der Waals surface area contributed by atoms with E-state index in [1.165, 1.54) is 4.31 Å². The smallest absolute Gasteiger partial charge is 0.195 e. The molecule has 12 heavy (non-hydrogen) atoms. The Labute approximate surface area is 82.0 Å². The largest absolute Gasteiger partial charge is 0.299 e. The molecule has 0 aliphatic carbocycles. The Hall–Kier alpha value is 0.550. The van der Waals surface area contributed by atoms with Crippen molar-refractivity contribution >= 4 is 31.7 Å². The molecule has 0 aromatic rings. The molecule has 3 nitrogen and oxygen atoms in total. The van der Waals surface area contributed by atoms with Gasteiger partial charge in [0.1, 0.15) is 0 Å². The van der Waals surface area contributed by atoms with Crippen molar-refractivity contribution in [3.05, 3.63) is 0 Å². The number of thioether (sulfide) groups is 1. The van der Waals surface area contributed by atoms with E-state index in [-0.39, 0.29) is 0 Å². The Kier molecular flexibility index (Phi) is 3.70. The molecular formula is C6H12ClNO2S2. The fraction of sp³-hybridized carbons (Fsp3) is 1.00. The third-order valence-corrected chi connectivity index (χ3v) is 4.63. The van der Waals surface area contributed by atoms with E-state index in [0.717, 1.165) is 12.2 Å². The summed E-state index contributed by atoms with van der Waals surface area (Å²) in [5.41, 5.74) is 0. The lowest BCUT2D eigenvalue weighted by Crippen LogP contribution is -2.29. The lowest BCUT2D eigenvalue weighted by atomic mass is 10.3. The van der Waals surface area contributed by atoms with E-state index in [0.29, 0.717) is 18.3 Å². The van der Waals surface area contributed by atoms with Crippen molar-refractivity contribution in [3.63, 3.8) is 0 Å². The van der Waals surface area contributed by atoms with Crippen molar-refractivity contribution in [2.24, 2.45) is 0 Å². The van der Waals surface area contributed by atoms with Gasteiger partial charge in [-0.1, -0.05) is 6.92 Å². The molecule has 0 saturated carbocycles. The van der Waals surface area contributed by atoms with Gasteiger partial charge in [0.2, 0.25) is 0 Å². The predicted octanol–water partition coefficient (Wildman–Crippen LogP) is 1.30. The summed E-state index contributed by atoms with van der Waals surface area (Å²) in [5, 5.41) is 0.536. The van der Waals surface area contributed by atoms with Crippen molar-refractivity contribution in [1.82, 2.24) is 4.31 Å². The van der Waals surface area contributed by atoms with Gasteiger partial charge in [0.15, 0.2) is 0 Å². The number of rotatable bonds is 1. The van der Waals surface area contributed by atoms with Crippen molar-refractivity contribution in [2.75, 3.05) is 18.8 Å². The molecule has 1 aliphatic rings. The van der Waals surface area contributed by atoms with E-state index in [4.69, 9.17) is 10.7 Å². The van der Waals surface area contributed by atoms with Gasteiger partial charge < -0.3 is 0 Å². The van der Waals surface area contributed by atoms with Gasteiger partial charge in [0, 0.05) is 34.8 Å². The Balaban J connectivity index is 2.58. The molecule has 1 aliphatic heterocycles. The third kappa shape index (κ3) is 3.12. The van der Waals surface area contributed by atoms with E-state index in [2.05, 4.69) is 6.92 Å². The molecule has 1 atom stereocenters. The van der Waals surface area contributed by atoms with E-state index >= 15 is 0 Å². The van der Waals surface area contributed by atoms with Crippen LogP contribution >= 0.6 is 22.4 Å². The molecule has 0 amide bonds. The normalized spacial score (nSPS) is 28.3. The van der Waals surface area contributed by atoms with Crippen LogP contribution in [-0.2, 0) is 9.24 Å². The first-order valence-corrected chi connectivity index (χ1v) is 7.13. The quantitative estimate of drug-likeness (QED) is 0.636. The van der Waals surface area contributed by atoms with Crippen LogP contribution in [0.15, 0.2) is 0 Å². The number of hydrogen-bond donors (Lipinski definition) is 0. The highest BCUT2D eigenvalue weighted by molar-refractivity contribution is 8.11. The summed E-state index contributed by atoms with van der Waals surface area (Å²) in [6.07, 6.45) is 0.886. The molecule has 0 spiro atoms. The van der Waals surface area contributed by atoms with Gasteiger partial charge in [-0.2, -0.15) is 24.5 Å². The highest BCUT2D eigenvalue weighted by Gasteiger charge is 2.22. The SMILES string of the molecule is CC1CCN(S(=O)(=O)Cl)CCS1. The maximum absolute atomic E-state index is 10.9. The van der Waals surface area contributed by atoms with Gasteiger partial charge in [-0.25, -0.2) is 0 Å². The van der Waals surface area contributed by atoms with Crippen LogP contribution in [0.2, 0.25) is 0 Å². The zero-order valence-corrected chi connectivity index (χ0v) is 9.25. The summed E-state index contributed by atoms with van der Waals surface area (Å²) in [4.78, 5) is 0. The Morgan fingerprint density at radius 3 is 2.75 bits per heavy atom. The molecule has 1 unspecified atom stereocenters. The van der Waals surface area contributed by atoms with Gasteiger partial charge >= 0.3 is 0 Å². The zero-order valence-electron chi connectivity index (χ0n) is 6.86. The number of halogens is 1. The van der Waals surface area contributed by atoms with Crippen LogP contribution in [0.1, 0.15) is 13.3 Å². The maximum Gasteiger partial charge on any atom is 0.299 e. The zero-order chi connectivity index (χ0) is 9.19. The first-order chi connectivity index (χ1) is 5.50. The minimum atomic E-state index is -3.48. The molecule has 1 fully saturated rings. The van der Waals surface area contributed by atoms with Crippen molar-refractivity contribution in [2.45, 2.75) is 18.6 Å². The average Bonchev–Trinajstić information content (AvgIpc) is 2.11. The van der Waals surface area contributed by atoms with Crippen LogP contribution in [-0.4, -0.2) is 36.8 Å². The van der Waals surface area contributed by atoms with Crippen LogP contribution in [0, 0.1) is 0 Å². The minimum Gasteiger partial charge on any atom is -0.195 e. The van der Waals surface area contributed by atoms with Crippen molar-refractivity contribution in [3.8, 4) is 0 Å². The van der Waals surface area contributed by atoms with Gasteiger partial charge in [0.25, 0.3) is 9.24 Å². The second kappa shape index (κ2) is 4.17. The monoisotopic (exact) mass is 229 g/mol. The Morgan fingerprint density at radius 2 is 2.17 bits per heavy atom. The first kappa shape index (κ1) is 10.6. The van der Waals surface area contributed by atoms with Crippen LogP contribution in [0.4, 0.5) is 0 Å². The topological polar surface area (TPSA) is 37.4 Å². The molecule has 6 heteroatoms. The van der Waals surface area contributed by atoms with Gasteiger partial charge in [-0.15, -0.1) is 0 Å². The number of nitrogens with zero attached hydrogens (tertiary/aromatic N) is 1. The molecule has 0 N–H and O–H groups in total. The average molecular weight is 230 g/mol. The summed E-state index contributed by atoms with van der Waals surface area (Å²) in [6.45, 7) is 3.20. The van der Waals surface area contributed by atoms with Crippen molar-refractivity contribution < 1.29 is 8.42 Å². The van der Waals surface area contributed by atoms with E-state index in [1.54, 1.807) is 11.8 Å². The van der Waals surface area contributed by atoms with Gasteiger partial charge in [0.05, 0.1) is 0 Å². The second-order valence-corrected chi connectivity index (χ2v) is 6.87. The minimum absolute atomic E-state index is 0.536. The molecule has 1 saturated heterocycles. The van der Waals surface area contributed by atoms with E-state index < -0.39 is 9.24 Å². The Morgan fingerprint density at radius 1 is 1.50 bits per heavy atom. The molecule has 0 bridgehead atoms. The third-order valence-electron chi connectivity index (χ3n) is 1.84. The molecule has 0 aromatic heterocycles. The molecule has 1 rings (SSSR count). The highest BCUT2D eigenvalue weighted by atomic mass is 35.7. The Bertz CT molecular complexity index is 242. The molecule has 0 aromatic carbocycles. The second-order valence-electron chi connectivity index (χ2n) is 2.81. The molecular weight excluding hydrogens is 218 g/mol. The predicted molar refractivity (Wildman–Crippen MR) is 52.9 cm³/mol. The summed E-state index contributed by atoms with van der Waals surface area (Å²) < 4.78 is 23.2. The van der Waals surface area contributed by atoms with Crippen LogP contribution in [0.25, 0.3) is 0 Å². The molecule has 72 valence electrons. The molecule has 0 radical (unpaired) electrons. The van der Waals surface area contributed by atoms with Crippen LogP contribution in [0.5, 0.6) is 0 Å². The van der Waals surface area contributed by atoms with Gasteiger partial charge in [-0.3, -0.25) is 0 Å². The maximum atomic E-state index is 10.9. The van der Waals surface area contributed by atoms with Gasteiger partial charge in [-0.05, 0) is 6.42 Å². The standard InChI is InChI=1S/C6H12ClNO2S2/c1-6-2-3-8(4-5-11-6)12(7,9)10/h6H,2-5H2,1H3. The highest BCUT2D eigenvalue weighted by Crippen LogP contribution is 2.21. The van der Waals surface area contributed by atoms with Crippen LogP contribution in [0.3, 0.4) is 0 Å². The lowest BCUT2D eigenvalue weighted by molar-refractivity contribution is 0.440. The fourth-order valence-corrected chi connectivity index (χ4v) is 3.26. The summed E-state index contributed by atoms with van der Waals surface area (Å²) in [7, 11) is 1.74. The number of hydrogen-bond acceptors (Lipinski definition) is 3. The van der Waals surface area contributed by atoms with E-state index in [1.807, 2.05) is 0 Å². The summed E-state index contributed by atoms with van der Waals surface area (Å²) in [6, 6.07) is 0. The summed E-state index contributed by atoms with van der Waals surface area (Å²) >= 11 is 1.79. The molecule has 1 heterocycles. The van der Waals surface area contributed by atoms with Crippen LogP contribution < -0.4 is 0 Å². The lowest BCUT2D eigenvalue weighted by Gasteiger charge is -2.13.